The number of carbonyl (C=O) groups is 1. The summed E-state index contributed by atoms with van der Waals surface area (Å²) in [6.07, 6.45) is 0. The SMILES string of the molecule is Cc1ccc(NC(=O)c2cc3cccc4c3n2C[C@@H](C)S4)c(Cl)c1. The topological polar surface area (TPSA) is 34.0 Å². The zero-order chi connectivity index (χ0) is 16.8. The quantitative estimate of drug-likeness (QED) is 0.671. The Balaban J connectivity index is 1.76. The van der Waals surface area contributed by atoms with E-state index >= 15 is 0 Å². The van der Waals surface area contributed by atoms with E-state index in [4.69, 9.17) is 11.6 Å². The van der Waals surface area contributed by atoms with Crippen LogP contribution in [0.25, 0.3) is 10.9 Å². The summed E-state index contributed by atoms with van der Waals surface area (Å²) >= 11 is 8.11. The third-order valence-corrected chi connectivity index (χ3v) is 5.70. The molecule has 1 aliphatic rings. The van der Waals surface area contributed by atoms with E-state index in [1.165, 1.54) is 4.90 Å². The van der Waals surface area contributed by atoms with Gasteiger partial charge in [-0.05, 0) is 36.8 Å². The number of rotatable bonds is 2. The molecule has 24 heavy (non-hydrogen) atoms. The van der Waals surface area contributed by atoms with Gasteiger partial charge in [-0.15, -0.1) is 11.8 Å². The van der Waals surface area contributed by atoms with E-state index in [0.717, 1.165) is 23.0 Å². The molecule has 5 heteroatoms. The second-order valence-electron chi connectivity index (χ2n) is 6.20. The van der Waals surface area contributed by atoms with Crippen molar-refractivity contribution in [1.29, 1.82) is 0 Å². The molecule has 2 heterocycles. The summed E-state index contributed by atoms with van der Waals surface area (Å²) in [4.78, 5) is 14.1. The van der Waals surface area contributed by atoms with E-state index in [2.05, 4.69) is 28.9 Å². The molecular weight excluding hydrogens is 340 g/mol. The van der Waals surface area contributed by atoms with Crippen molar-refractivity contribution in [2.45, 2.75) is 30.5 Å². The van der Waals surface area contributed by atoms with Crippen molar-refractivity contribution in [3.63, 3.8) is 0 Å². The van der Waals surface area contributed by atoms with Crippen LogP contribution in [0.3, 0.4) is 0 Å². The molecule has 1 aromatic heterocycles. The molecule has 122 valence electrons. The second kappa shape index (κ2) is 5.87. The molecule has 0 radical (unpaired) electrons. The molecule has 0 saturated heterocycles. The predicted octanol–water partition coefficient (Wildman–Crippen LogP) is 5.35. The number of nitrogens with one attached hydrogen (secondary N) is 1. The lowest BCUT2D eigenvalue weighted by Crippen LogP contribution is -2.22. The second-order valence-corrected chi connectivity index (χ2v) is 8.09. The summed E-state index contributed by atoms with van der Waals surface area (Å²) in [6, 6.07) is 13.8. The third kappa shape index (κ3) is 2.60. The number of thioether (sulfide) groups is 1. The maximum Gasteiger partial charge on any atom is 0.272 e. The highest BCUT2D eigenvalue weighted by Gasteiger charge is 2.24. The van der Waals surface area contributed by atoms with Gasteiger partial charge >= 0.3 is 0 Å². The molecule has 4 rings (SSSR count). The molecule has 1 N–H and O–H groups in total. The molecule has 0 spiro atoms. The van der Waals surface area contributed by atoms with Gasteiger partial charge in [-0.3, -0.25) is 4.79 Å². The minimum absolute atomic E-state index is 0.123. The molecule has 0 saturated carbocycles. The van der Waals surface area contributed by atoms with E-state index in [1.54, 1.807) is 0 Å². The summed E-state index contributed by atoms with van der Waals surface area (Å²) in [6.45, 7) is 4.99. The number of hydrogen-bond donors (Lipinski definition) is 1. The lowest BCUT2D eigenvalue weighted by atomic mass is 10.2. The van der Waals surface area contributed by atoms with Gasteiger partial charge < -0.3 is 9.88 Å². The number of para-hydroxylation sites is 1. The summed E-state index contributed by atoms with van der Waals surface area (Å²) < 4.78 is 2.13. The van der Waals surface area contributed by atoms with Crippen molar-refractivity contribution >= 4 is 45.9 Å². The van der Waals surface area contributed by atoms with E-state index in [1.807, 2.05) is 49.0 Å². The largest absolute Gasteiger partial charge is 0.334 e. The van der Waals surface area contributed by atoms with Crippen LogP contribution in [0.5, 0.6) is 0 Å². The Morgan fingerprint density at radius 1 is 1.29 bits per heavy atom. The molecule has 0 aliphatic carbocycles. The molecule has 0 unspecified atom stereocenters. The maximum atomic E-state index is 12.8. The lowest BCUT2D eigenvalue weighted by molar-refractivity contribution is 0.101. The Morgan fingerprint density at radius 3 is 2.92 bits per heavy atom. The van der Waals surface area contributed by atoms with Crippen LogP contribution >= 0.6 is 23.4 Å². The summed E-state index contributed by atoms with van der Waals surface area (Å²) in [5.41, 5.74) is 3.54. The van der Waals surface area contributed by atoms with Crippen LogP contribution in [-0.4, -0.2) is 15.7 Å². The van der Waals surface area contributed by atoms with Crippen molar-refractivity contribution in [2.75, 3.05) is 5.32 Å². The van der Waals surface area contributed by atoms with Gasteiger partial charge in [0.25, 0.3) is 5.91 Å². The summed E-state index contributed by atoms with van der Waals surface area (Å²) in [5.74, 6) is -0.123. The van der Waals surface area contributed by atoms with Gasteiger partial charge in [-0.1, -0.05) is 36.7 Å². The Hall–Kier alpha value is -1.91. The predicted molar refractivity (Wildman–Crippen MR) is 101 cm³/mol. The number of benzene rings is 2. The van der Waals surface area contributed by atoms with Crippen molar-refractivity contribution in [1.82, 2.24) is 4.57 Å². The van der Waals surface area contributed by atoms with Crippen molar-refractivity contribution in [3.8, 4) is 0 Å². The molecule has 3 nitrogen and oxygen atoms in total. The standard InChI is InChI=1S/C19H17ClN2OS/c1-11-6-7-15(14(20)8-11)21-19(23)16-9-13-4-3-5-17-18(13)22(16)10-12(2)24-17/h3-9,12H,10H2,1-2H3,(H,21,23)/t12-/m1/s1. The van der Waals surface area contributed by atoms with E-state index in [9.17, 15) is 4.79 Å². The van der Waals surface area contributed by atoms with Crippen molar-refractivity contribution in [3.05, 3.63) is 58.7 Å². The van der Waals surface area contributed by atoms with Crippen LogP contribution < -0.4 is 5.32 Å². The number of hydrogen-bond acceptors (Lipinski definition) is 2. The van der Waals surface area contributed by atoms with Crippen molar-refractivity contribution in [2.24, 2.45) is 0 Å². The highest BCUT2D eigenvalue weighted by atomic mass is 35.5. The average Bonchev–Trinajstić information content (AvgIpc) is 2.90. The van der Waals surface area contributed by atoms with Crippen LogP contribution in [0.2, 0.25) is 5.02 Å². The fourth-order valence-corrected chi connectivity index (χ4v) is 4.62. The van der Waals surface area contributed by atoms with Gasteiger partial charge in [-0.25, -0.2) is 0 Å². The first kappa shape index (κ1) is 15.6. The number of nitrogens with zero attached hydrogens (tertiary/aromatic N) is 1. The smallest absolute Gasteiger partial charge is 0.272 e. The fraction of sp³-hybridized carbons (Fsp3) is 0.211. The molecule has 0 bridgehead atoms. The Morgan fingerprint density at radius 2 is 2.12 bits per heavy atom. The highest BCUT2D eigenvalue weighted by Crippen LogP contribution is 2.38. The number of aryl methyl sites for hydroxylation is 1. The molecule has 1 amide bonds. The molecule has 1 aliphatic heterocycles. The highest BCUT2D eigenvalue weighted by molar-refractivity contribution is 8.00. The normalized spacial score (nSPS) is 16.4. The first-order valence-corrected chi connectivity index (χ1v) is 9.15. The van der Waals surface area contributed by atoms with Crippen LogP contribution in [0.4, 0.5) is 5.69 Å². The first-order valence-electron chi connectivity index (χ1n) is 7.89. The van der Waals surface area contributed by atoms with E-state index < -0.39 is 0 Å². The van der Waals surface area contributed by atoms with Crippen molar-refractivity contribution < 1.29 is 4.79 Å². The van der Waals surface area contributed by atoms with Gasteiger partial charge in [0.15, 0.2) is 0 Å². The Bertz CT molecular complexity index is 963. The van der Waals surface area contributed by atoms with Crippen LogP contribution in [-0.2, 0) is 6.54 Å². The Kier molecular flexibility index (Phi) is 3.82. The summed E-state index contributed by atoms with van der Waals surface area (Å²) in [5, 5.41) is 5.05. The number of anilines is 1. The Labute approximate surface area is 150 Å². The molecule has 2 aromatic carbocycles. The zero-order valence-electron chi connectivity index (χ0n) is 13.5. The van der Waals surface area contributed by atoms with Gasteiger partial charge in [0.05, 0.1) is 16.2 Å². The van der Waals surface area contributed by atoms with E-state index in [0.29, 0.717) is 21.7 Å². The zero-order valence-corrected chi connectivity index (χ0v) is 15.0. The van der Waals surface area contributed by atoms with Gasteiger partial charge in [0.2, 0.25) is 0 Å². The van der Waals surface area contributed by atoms with Gasteiger partial charge in [-0.2, -0.15) is 0 Å². The number of carbonyl (C=O) groups excluding carboxylic acids is 1. The maximum absolute atomic E-state index is 12.8. The van der Waals surface area contributed by atoms with Crippen LogP contribution in [0, 0.1) is 6.92 Å². The minimum Gasteiger partial charge on any atom is -0.334 e. The molecule has 0 fully saturated rings. The van der Waals surface area contributed by atoms with Gasteiger partial charge in [0, 0.05) is 22.1 Å². The first-order chi connectivity index (χ1) is 11.5. The lowest BCUT2D eigenvalue weighted by Gasteiger charge is -2.22. The number of aromatic nitrogens is 1. The number of amides is 1. The fourth-order valence-electron chi connectivity index (χ4n) is 3.18. The monoisotopic (exact) mass is 356 g/mol. The molecule has 1 atom stereocenters. The van der Waals surface area contributed by atoms with Crippen LogP contribution in [0.1, 0.15) is 23.0 Å². The van der Waals surface area contributed by atoms with Crippen LogP contribution in [0.15, 0.2) is 47.4 Å². The molecular formula is C19H17ClN2OS. The molecule has 3 aromatic rings. The summed E-state index contributed by atoms with van der Waals surface area (Å²) in [7, 11) is 0. The minimum atomic E-state index is -0.123. The number of halogens is 1. The van der Waals surface area contributed by atoms with Gasteiger partial charge in [0.1, 0.15) is 5.69 Å². The van der Waals surface area contributed by atoms with E-state index in [-0.39, 0.29) is 5.91 Å². The third-order valence-electron chi connectivity index (χ3n) is 4.26. The average molecular weight is 357 g/mol.